The number of anilines is 2. The van der Waals surface area contributed by atoms with Crippen molar-refractivity contribution in [3.05, 3.63) is 53.9 Å². The topological polar surface area (TPSA) is 71.2 Å². The standard InChI is InChI=1S/C15H18N4O/c1-19(2)15(20)12-5-6-14(13(16)8-12)18-10-11-4-3-7-17-9-11/h3-9,18H,10,16H2,1-2H3. The predicted octanol–water partition coefficient (Wildman–Crippen LogP) is 1.98. The molecule has 2 aromatic rings. The van der Waals surface area contributed by atoms with Crippen LogP contribution in [-0.4, -0.2) is 29.9 Å². The molecule has 1 amide bonds. The highest BCUT2D eigenvalue weighted by atomic mass is 16.2. The van der Waals surface area contributed by atoms with Gasteiger partial charge in [-0.15, -0.1) is 0 Å². The molecule has 1 heterocycles. The number of benzene rings is 1. The quantitative estimate of drug-likeness (QED) is 0.833. The largest absolute Gasteiger partial charge is 0.397 e. The molecule has 104 valence electrons. The molecule has 0 saturated carbocycles. The van der Waals surface area contributed by atoms with E-state index < -0.39 is 0 Å². The van der Waals surface area contributed by atoms with Gasteiger partial charge in [0.05, 0.1) is 11.4 Å². The number of aromatic nitrogens is 1. The first-order valence-electron chi connectivity index (χ1n) is 6.32. The molecular weight excluding hydrogens is 252 g/mol. The first kappa shape index (κ1) is 13.9. The maximum atomic E-state index is 11.8. The van der Waals surface area contributed by atoms with Crippen LogP contribution < -0.4 is 11.1 Å². The maximum absolute atomic E-state index is 11.8. The Morgan fingerprint density at radius 2 is 2.15 bits per heavy atom. The van der Waals surface area contributed by atoms with Crippen molar-refractivity contribution in [3.63, 3.8) is 0 Å². The van der Waals surface area contributed by atoms with Crippen molar-refractivity contribution in [1.29, 1.82) is 0 Å². The van der Waals surface area contributed by atoms with Crippen molar-refractivity contribution in [2.24, 2.45) is 0 Å². The molecule has 1 aromatic carbocycles. The third-order valence-corrected chi connectivity index (χ3v) is 2.91. The third kappa shape index (κ3) is 3.26. The lowest BCUT2D eigenvalue weighted by Gasteiger charge is -2.13. The van der Waals surface area contributed by atoms with E-state index in [0.29, 0.717) is 17.8 Å². The fourth-order valence-corrected chi connectivity index (χ4v) is 1.81. The summed E-state index contributed by atoms with van der Waals surface area (Å²) in [5.74, 6) is -0.0597. The van der Waals surface area contributed by atoms with Gasteiger partial charge in [-0.25, -0.2) is 0 Å². The summed E-state index contributed by atoms with van der Waals surface area (Å²) in [5, 5.41) is 3.23. The zero-order valence-corrected chi connectivity index (χ0v) is 11.6. The number of hydrogen-bond acceptors (Lipinski definition) is 4. The van der Waals surface area contributed by atoms with Crippen molar-refractivity contribution in [3.8, 4) is 0 Å². The van der Waals surface area contributed by atoms with Crippen LogP contribution >= 0.6 is 0 Å². The zero-order chi connectivity index (χ0) is 14.5. The highest BCUT2D eigenvalue weighted by Crippen LogP contribution is 2.21. The van der Waals surface area contributed by atoms with Crippen molar-refractivity contribution >= 4 is 17.3 Å². The number of nitrogens with one attached hydrogen (secondary N) is 1. The van der Waals surface area contributed by atoms with Crippen LogP contribution in [0.5, 0.6) is 0 Å². The smallest absolute Gasteiger partial charge is 0.253 e. The Hall–Kier alpha value is -2.56. The van der Waals surface area contributed by atoms with E-state index in [1.54, 1.807) is 38.6 Å². The van der Waals surface area contributed by atoms with E-state index in [4.69, 9.17) is 5.73 Å². The molecule has 0 fully saturated rings. The second-order valence-corrected chi connectivity index (χ2v) is 4.72. The van der Waals surface area contributed by atoms with Gasteiger partial charge in [0.1, 0.15) is 0 Å². The summed E-state index contributed by atoms with van der Waals surface area (Å²) < 4.78 is 0. The molecule has 0 spiro atoms. The van der Waals surface area contributed by atoms with E-state index in [0.717, 1.165) is 11.3 Å². The van der Waals surface area contributed by atoms with Gasteiger partial charge >= 0.3 is 0 Å². The Balaban J connectivity index is 2.08. The van der Waals surface area contributed by atoms with Crippen molar-refractivity contribution in [2.75, 3.05) is 25.1 Å². The predicted molar refractivity (Wildman–Crippen MR) is 80.4 cm³/mol. The molecule has 3 N–H and O–H groups in total. The minimum atomic E-state index is -0.0597. The normalized spacial score (nSPS) is 10.1. The molecule has 0 aliphatic heterocycles. The van der Waals surface area contributed by atoms with Crippen LogP contribution in [0.2, 0.25) is 0 Å². The zero-order valence-electron chi connectivity index (χ0n) is 11.6. The van der Waals surface area contributed by atoms with Crippen LogP contribution in [0.25, 0.3) is 0 Å². The number of nitrogen functional groups attached to an aromatic ring is 1. The average Bonchev–Trinajstić information content (AvgIpc) is 2.46. The fourth-order valence-electron chi connectivity index (χ4n) is 1.81. The molecule has 0 bridgehead atoms. The number of hydrogen-bond donors (Lipinski definition) is 2. The summed E-state index contributed by atoms with van der Waals surface area (Å²) in [4.78, 5) is 17.4. The highest BCUT2D eigenvalue weighted by molar-refractivity contribution is 5.95. The molecule has 5 nitrogen and oxygen atoms in total. The lowest BCUT2D eigenvalue weighted by atomic mass is 10.1. The van der Waals surface area contributed by atoms with Gasteiger partial charge in [0.15, 0.2) is 0 Å². The number of nitrogens with two attached hydrogens (primary N) is 1. The molecule has 0 radical (unpaired) electrons. The minimum absolute atomic E-state index is 0.0597. The summed E-state index contributed by atoms with van der Waals surface area (Å²) in [5.41, 5.74) is 8.99. The van der Waals surface area contributed by atoms with E-state index in [2.05, 4.69) is 10.3 Å². The number of amides is 1. The van der Waals surface area contributed by atoms with Crippen molar-refractivity contribution in [2.45, 2.75) is 6.54 Å². The van der Waals surface area contributed by atoms with Gasteiger partial charge in [0.2, 0.25) is 0 Å². The molecule has 0 unspecified atom stereocenters. The van der Waals surface area contributed by atoms with E-state index >= 15 is 0 Å². The highest BCUT2D eigenvalue weighted by Gasteiger charge is 2.09. The molecule has 2 rings (SSSR count). The molecular formula is C15H18N4O. The van der Waals surface area contributed by atoms with Gasteiger partial charge in [-0.2, -0.15) is 0 Å². The van der Waals surface area contributed by atoms with Crippen LogP contribution in [0.15, 0.2) is 42.7 Å². The molecule has 20 heavy (non-hydrogen) atoms. The molecule has 0 saturated heterocycles. The van der Waals surface area contributed by atoms with Gasteiger partial charge < -0.3 is 16.0 Å². The second-order valence-electron chi connectivity index (χ2n) is 4.72. The number of nitrogens with zero attached hydrogens (tertiary/aromatic N) is 2. The first-order valence-corrected chi connectivity index (χ1v) is 6.32. The Kier molecular flexibility index (Phi) is 4.20. The Morgan fingerprint density at radius 3 is 2.75 bits per heavy atom. The average molecular weight is 270 g/mol. The first-order chi connectivity index (χ1) is 9.58. The molecule has 0 aliphatic rings. The van der Waals surface area contributed by atoms with Crippen LogP contribution in [0, 0.1) is 0 Å². The lowest BCUT2D eigenvalue weighted by Crippen LogP contribution is -2.21. The van der Waals surface area contributed by atoms with E-state index in [9.17, 15) is 4.79 Å². The monoisotopic (exact) mass is 270 g/mol. The molecule has 5 heteroatoms. The van der Waals surface area contributed by atoms with Crippen molar-refractivity contribution < 1.29 is 4.79 Å². The van der Waals surface area contributed by atoms with E-state index in [1.807, 2.05) is 18.2 Å². The number of rotatable bonds is 4. The van der Waals surface area contributed by atoms with E-state index in [-0.39, 0.29) is 5.91 Å². The minimum Gasteiger partial charge on any atom is -0.397 e. The van der Waals surface area contributed by atoms with E-state index in [1.165, 1.54) is 4.90 Å². The fraction of sp³-hybridized carbons (Fsp3) is 0.200. The van der Waals surface area contributed by atoms with Gasteiger partial charge in [0.25, 0.3) is 5.91 Å². The summed E-state index contributed by atoms with van der Waals surface area (Å²) in [6.07, 6.45) is 3.53. The summed E-state index contributed by atoms with van der Waals surface area (Å²) >= 11 is 0. The number of carbonyl (C=O) groups is 1. The van der Waals surface area contributed by atoms with Crippen LogP contribution in [-0.2, 0) is 6.54 Å². The third-order valence-electron chi connectivity index (χ3n) is 2.91. The van der Waals surface area contributed by atoms with Crippen LogP contribution in [0.1, 0.15) is 15.9 Å². The van der Waals surface area contributed by atoms with Crippen LogP contribution in [0.4, 0.5) is 11.4 Å². The molecule has 1 aromatic heterocycles. The van der Waals surface area contributed by atoms with Gasteiger partial charge in [0, 0.05) is 38.6 Å². The summed E-state index contributed by atoms with van der Waals surface area (Å²) in [7, 11) is 3.43. The Labute approximate surface area is 118 Å². The Morgan fingerprint density at radius 1 is 1.35 bits per heavy atom. The Bertz CT molecular complexity index is 596. The SMILES string of the molecule is CN(C)C(=O)c1ccc(NCc2cccnc2)c(N)c1. The van der Waals surface area contributed by atoms with Gasteiger partial charge in [-0.05, 0) is 29.8 Å². The van der Waals surface area contributed by atoms with Crippen molar-refractivity contribution in [1.82, 2.24) is 9.88 Å². The van der Waals surface area contributed by atoms with Gasteiger partial charge in [-0.3, -0.25) is 9.78 Å². The number of pyridine rings is 1. The maximum Gasteiger partial charge on any atom is 0.253 e. The second kappa shape index (κ2) is 6.06. The van der Waals surface area contributed by atoms with Gasteiger partial charge in [-0.1, -0.05) is 6.07 Å². The van der Waals surface area contributed by atoms with Crippen LogP contribution in [0.3, 0.4) is 0 Å². The summed E-state index contributed by atoms with van der Waals surface area (Å²) in [6, 6.07) is 9.15. The lowest BCUT2D eigenvalue weighted by molar-refractivity contribution is 0.0827. The number of carbonyl (C=O) groups excluding carboxylic acids is 1. The molecule has 0 aliphatic carbocycles. The molecule has 0 atom stereocenters. The summed E-state index contributed by atoms with van der Waals surface area (Å²) in [6.45, 7) is 0.638.